The second-order valence-electron chi connectivity index (χ2n) is 5.06. The summed E-state index contributed by atoms with van der Waals surface area (Å²) in [6.07, 6.45) is 0.623. The Morgan fingerprint density at radius 3 is 2.78 bits per heavy atom. The van der Waals surface area contributed by atoms with E-state index in [4.69, 9.17) is 22.4 Å². The van der Waals surface area contributed by atoms with Crippen molar-refractivity contribution in [3.63, 3.8) is 0 Å². The van der Waals surface area contributed by atoms with Crippen molar-refractivity contribution >= 4 is 23.2 Å². The number of aliphatic hydroxyl groups is 1. The molecular weight excluding hydrogens is 252 g/mol. The van der Waals surface area contributed by atoms with E-state index in [1.54, 1.807) is 18.2 Å². The SMILES string of the molecule is CC(C)(CCO)CNC(=O)c1cc(N)ccc1Cl. The zero-order valence-electron chi connectivity index (χ0n) is 10.7. The number of aliphatic hydroxyl groups excluding tert-OH is 1. The molecule has 4 nitrogen and oxygen atoms in total. The lowest BCUT2D eigenvalue weighted by atomic mass is 9.89. The summed E-state index contributed by atoms with van der Waals surface area (Å²) in [4.78, 5) is 12.0. The van der Waals surface area contributed by atoms with Crippen molar-refractivity contribution in [3.8, 4) is 0 Å². The molecule has 0 aromatic heterocycles. The van der Waals surface area contributed by atoms with Gasteiger partial charge in [0.05, 0.1) is 10.6 Å². The van der Waals surface area contributed by atoms with Crippen LogP contribution >= 0.6 is 11.6 Å². The largest absolute Gasteiger partial charge is 0.399 e. The number of rotatable bonds is 5. The lowest BCUT2D eigenvalue weighted by Crippen LogP contribution is -2.34. The summed E-state index contributed by atoms with van der Waals surface area (Å²) in [7, 11) is 0. The zero-order valence-corrected chi connectivity index (χ0v) is 11.4. The van der Waals surface area contributed by atoms with Gasteiger partial charge in [-0.15, -0.1) is 0 Å². The van der Waals surface area contributed by atoms with Gasteiger partial charge in [-0.05, 0) is 30.0 Å². The Bertz CT molecular complexity index is 433. The Morgan fingerprint density at radius 1 is 1.50 bits per heavy atom. The average molecular weight is 271 g/mol. The summed E-state index contributed by atoms with van der Waals surface area (Å²) in [6, 6.07) is 4.80. The highest BCUT2D eigenvalue weighted by atomic mass is 35.5. The van der Waals surface area contributed by atoms with Crippen molar-refractivity contribution in [3.05, 3.63) is 28.8 Å². The van der Waals surface area contributed by atoms with Gasteiger partial charge >= 0.3 is 0 Å². The van der Waals surface area contributed by atoms with Crippen LogP contribution in [0.1, 0.15) is 30.6 Å². The number of anilines is 1. The van der Waals surface area contributed by atoms with E-state index in [1.165, 1.54) is 0 Å². The third-order valence-corrected chi connectivity index (χ3v) is 3.08. The molecule has 0 radical (unpaired) electrons. The number of nitrogen functional groups attached to an aromatic ring is 1. The molecule has 0 bridgehead atoms. The number of hydrogen-bond donors (Lipinski definition) is 3. The molecule has 4 N–H and O–H groups in total. The topological polar surface area (TPSA) is 75.3 Å². The van der Waals surface area contributed by atoms with Crippen LogP contribution in [0, 0.1) is 5.41 Å². The van der Waals surface area contributed by atoms with Crippen LogP contribution in [0.15, 0.2) is 18.2 Å². The van der Waals surface area contributed by atoms with Crippen LogP contribution in [-0.4, -0.2) is 24.2 Å². The van der Waals surface area contributed by atoms with Gasteiger partial charge in [0, 0.05) is 18.8 Å². The van der Waals surface area contributed by atoms with Crippen LogP contribution in [-0.2, 0) is 0 Å². The quantitative estimate of drug-likeness (QED) is 0.717. The fraction of sp³-hybridized carbons (Fsp3) is 0.462. The highest BCUT2D eigenvalue weighted by Crippen LogP contribution is 2.21. The van der Waals surface area contributed by atoms with Crippen molar-refractivity contribution in [2.75, 3.05) is 18.9 Å². The van der Waals surface area contributed by atoms with E-state index in [9.17, 15) is 4.79 Å². The van der Waals surface area contributed by atoms with Gasteiger partial charge in [0.2, 0.25) is 0 Å². The van der Waals surface area contributed by atoms with Crippen LogP contribution in [0.3, 0.4) is 0 Å². The first kappa shape index (κ1) is 14.8. The standard InChI is InChI=1S/C13H19ClN2O2/c1-13(2,5-6-17)8-16-12(18)10-7-9(15)3-4-11(10)14/h3-4,7,17H,5-6,8,15H2,1-2H3,(H,16,18). The lowest BCUT2D eigenvalue weighted by molar-refractivity contribution is 0.0928. The van der Waals surface area contributed by atoms with Gasteiger partial charge in [0.15, 0.2) is 0 Å². The van der Waals surface area contributed by atoms with Gasteiger partial charge in [0.25, 0.3) is 5.91 Å². The van der Waals surface area contributed by atoms with Crippen molar-refractivity contribution in [1.29, 1.82) is 0 Å². The molecule has 0 saturated heterocycles. The third kappa shape index (κ3) is 4.20. The van der Waals surface area contributed by atoms with Crippen LogP contribution in [0.4, 0.5) is 5.69 Å². The van der Waals surface area contributed by atoms with Crippen LogP contribution in [0.25, 0.3) is 0 Å². The summed E-state index contributed by atoms with van der Waals surface area (Å²) >= 11 is 5.95. The van der Waals surface area contributed by atoms with E-state index >= 15 is 0 Å². The molecular formula is C13H19ClN2O2. The average Bonchev–Trinajstić information content (AvgIpc) is 2.29. The molecule has 1 amide bonds. The monoisotopic (exact) mass is 270 g/mol. The van der Waals surface area contributed by atoms with E-state index in [0.29, 0.717) is 29.2 Å². The highest BCUT2D eigenvalue weighted by Gasteiger charge is 2.19. The molecule has 0 unspecified atom stereocenters. The fourth-order valence-corrected chi connectivity index (χ4v) is 1.73. The maximum atomic E-state index is 12.0. The Morgan fingerprint density at radius 2 is 2.17 bits per heavy atom. The van der Waals surface area contributed by atoms with Crippen molar-refractivity contribution < 1.29 is 9.90 Å². The molecule has 5 heteroatoms. The first-order valence-electron chi connectivity index (χ1n) is 5.80. The second kappa shape index (κ2) is 6.07. The predicted molar refractivity (Wildman–Crippen MR) is 73.7 cm³/mol. The Balaban J connectivity index is 2.69. The zero-order chi connectivity index (χ0) is 13.8. The molecule has 0 atom stereocenters. The normalized spacial score (nSPS) is 11.3. The van der Waals surface area contributed by atoms with Crippen LogP contribution < -0.4 is 11.1 Å². The molecule has 0 heterocycles. The van der Waals surface area contributed by atoms with E-state index in [2.05, 4.69) is 5.32 Å². The summed E-state index contributed by atoms with van der Waals surface area (Å²) in [5.41, 5.74) is 6.34. The first-order valence-corrected chi connectivity index (χ1v) is 6.17. The maximum absolute atomic E-state index is 12.0. The van der Waals surface area contributed by atoms with Crippen LogP contribution in [0.2, 0.25) is 5.02 Å². The third-order valence-electron chi connectivity index (χ3n) is 2.75. The second-order valence-corrected chi connectivity index (χ2v) is 5.47. The molecule has 0 aliphatic carbocycles. The van der Waals surface area contributed by atoms with Crippen molar-refractivity contribution in [2.24, 2.45) is 5.41 Å². The highest BCUT2D eigenvalue weighted by molar-refractivity contribution is 6.34. The van der Waals surface area contributed by atoms with Gasteiger partial charge in [-0.25, -0.2) is 0 Å². The van der Waals surface area contributed by atoms with Gasteiger partial charge in [-0.1, -0.05) is 25.4 Å². The molecule has 18 heavy (non-hydrogen) atoms. The Kier molecular flexibility index (Phi) is 4.99. The first-order chi connectivity index (χ1) is 8.35. The van der Waals surface area contributed by atoms with Crippen LogP contribution in [0.5, 0.6) is 0 Å². The molecule has 0 fully saturated rings. The van der Waals surface area contributed by atoms with Gasteiger partial charge in [-0.3, -0.25) is 4.79 Å². The summed E-state index contributed by atoms with van der Waals surface area (Å²) in [6.45, 7) is 4.52. The minimum Gasteiger partial charge on any atom is -0.399 e. The number of benzene rings is 1. The number of amides is 1. The minimum absolute atomic E-state index is 0.0991. The maximum Gasteiger partial charge on any atom is 0.252 e. The molecule has 1 aromatic rings. The Labute approximate surface area is 112 Å². The number of carbonyl (C=O) groups excluding carboxylic acids is 1. The van der Waals surface area contributed by atoms with Gasteiger partial charge < -0.3 is 16.2 Å². The van der Waals surface area contributed by atoms with Crippen molar-refractivity contribution in [2.45, 2.75) is 20.3 Å². The lowest BCUT2D eigenvalue weighted by Gasteiger charge is -2.23. The smallest absolute Gasteiger partial charge is 0.252 e. The number of nitrogens with one attached hydrogen (secondary N) is 1. The number of nitrogens with two attached hydrogens (primary N) is 1. The molecule has 0 aliphatic rings. The van der Waals surface area contributed by atoms with Crippen molar-refractivity contribution in [1.82, 2.24) is 5.32 Å². The molecule has 1 aromatic carbocycles. The summed E-state index contributed by atoms with van der Waals surface area (Å²) < 4.78 is 0. The molecule has 1 rings (SSSR count). The number of carbonyl (C=O) groups is 1. The Hall–Kier alpha value is -1.26. The molecule has 0 saturated carbocycles. The van der Waals surface area contributed by atoms with Gasteiger partial charge in [-0.2, -0.15) is 0 Å². The molecule has 100 valence electrons. The predicted octanol–water partition coefficient (Wildman–Crippen LogP) is 2.06. The summed E-state index contributed by atoms with van der Waals surface area (Å²) in [5, 5.41) is 12.1. The number of hydrogen-bond acceptors (Lipinski definition) is 3. The van der Waals surface area contributed by atoms with E-state index in [0.717, 1.165) is 0 Å². The molecule has 0 aliphatic heterocycles. The fourth-order valence-electron chi connectivity index (χ4n) is 1.52. The number of halogens is 1. The van der Waals surface area contributed by atoms with Gasteiger partial charge in [0.1, 0.15) is 0 Å². The van der Waals surface area contributed by atoms with E-state index < -0.39 is 0 Å². The molecule has 0 spiro atoms. The minimum atomic E-state index is -0.252. The summed E-state index contributed by atoms with van der Waals surface area (Å²) in [5.74, 6) is -0.252. The van der Waals surface area contributed by atoms with E-state index in [-0.39, 0.29) is 17.9 Å². The van der Waals surface area contributed by atoms with E-state index in [1.807, 2.05) is 13.8 Å².